The Balaban J connectivity index is 3.42. The van der Waals surface area contributed by atoms with Crippen LogP contribution in [0.2, 0.25) is 0 Å². The monoisotopic (exact) mass is 338 g/mol. The summed E-state index contributed by atoms with van der Waals surface area (Å²) in [6.07, 6.45) is -7.15. The van der Waals surface area contributed by atoms with E-state index in [0.29, 0.717) is 0 Å². The maximum Gasteiger partial charge on any atom is 0.435 e. The summed E-state index contributed by atoms with van der Waals surface area (Å²) in [7, 11) is 0. The van der Waals surface area contributed by atoms with Crippen LogP contribution in [0.1, 0.15) is 17.7 Å². The Kier molecular flexibility index (Phi) is 3.36. The quantitative estimate of drug-likeness (QED) is 0.631. The summed E-state index contributed by atoms with van der Waals surface area (Å²) >= 11 is 1.46. The minimum atomic E-state index is -4.82. The number of nitrogens with zero attached hydrogens (tertiary/aromatic N) is 1. The van der Waals surface area contributed by atoms with E-state index in [9.17, 15) is 22.0 Å². The smallest absolute Gasteiger partial charge is 0.397 e. The zero-order chi connectivity index (χ0) is 11.8. The number of aromatic nitrogens is 1. The lowest BCUT2D eigenvalue weighted by atomic mass is 10.2. The molecule has 2 nitrogen and oxygen atoms in total. The van der Waals surface area contributed by atoms with Gasteiger partial charge in [-0.3, -0.25) is 0 Å². The van der Waals surface area contributed by atoms with Gasteiger partial charge >= 0.3 is 6.18 Å². The van der Waals surface area contributed by atoms with Gasteiger partial charge < -0.3 is 5.73 Å². The van der Waals surface area contributed by atoms with Crippen molar-refractivity contribution in [1.29, 1.82) is 0 Å². The fourth-order valence-corrected chi connectivity index (χ4v) is 1.63. The Morgan fingerprint density at radius 1 is 1.33 bits per heavy atom. The highest BCUT2D eigenvalue weighted by molar-refractivity contribution is 14.1. The maximum atomic E-state index is 12.4. The molecule has 0 saturated carbocycles. The molecular weight excluding hydrogens is 334 g/mol. The van der Waals surface area contributed by atoms with Crippen molar-refractivity contribution in [1.82, 2.24) is 4.98 Å². The van der Waals surface area contributed by atoms with Gasteiger partial charge in [-0.15, -0.1) is 0 Å². The van der Waals surface area contributed by atoms with Gasteiger partial charge in [0.05, 0.1) is 11.3 Å². The third-order valence-corrected chi connectivity index (χ3v) is 2.46. The summed E-state index contributed by atoms with van der Waals surface area (Å²) in [6, 6.07) is 0. The Labute approximate surface area is 94.8 Å². The van der Waals surface area contributed by atoms with Crippen LogP contribution in [0.25, 0.3) is 0 Å². The van der Waals surface area contributed by atoms with E-state index in [4.69, 9.17) is 5.73 Å². The van der Waals surface area contributed by atoms with Crippen molar-refractivity contribution in [2.24, 2.45) is 0 Å². The average Bonchev–Trinajstić information content (AvgIpc) is 2.00. The largest absolute Gasteiger partial charge is 0.435 e. The van der Waals surface area contributed by atoms with Crippen molar-refractivity contribution < 1.29 is 22.0 Å². The third kappa shape index (κ3) is 2.47. The van der Waals surface area contributed by atoms with Crippen LogP contribution in [0.4, 0.5) is 27.6 Å². The van der Waals surface area contributed by atoms with Gasteiger partial charge in [0.1, 0.15) is 0 Å². The third-order valence-electron chi connectivity index (χ3n) is 1.60. The van der Waals surface area contributed by atoms with E-state index < -0.39 is 29.5 Å². The van der Waals surface area contributed by atoms with Crippen LogP contribution >= 0.6 is 22.6 Å². The molecule has 0 unspecified atom stereocenters. The predicted molar refractivity (Wildman–Crippen MR) is 51.3 cm³/mol. The molecule has 2 N–H and O–H groups in total. The number of rotatable bonds is 1. The van der Waals surface area contributed by atoms with Gasteiger partial charge in [0.25, 0.3) is 6.43 Å². The summed E-state index contributed by atoms with van der Waals surface area (Å²) < 4.78 is 61.4. The van der Waals surface area contributed by atoms with Gasteiger partial charge in [-0.1, -0.05) is 0 Å². The number of nitrogen functional groups attached to an aromatic ring is 1. The molecule has 0 aliphatic carbocycles. The summed E-state index contributed by atoms with van der Waals surface area (Å²) in [5, 5.41) is 0. The minimum absolute atomic E-state index is 0.0897. The molecule has 1 aromatic rings. The van der Waals surface area contributed by atoms with Crippen molar-refractivity contribution >= 4 is 28.3 Å². The molecule has 0 radical (unpaired) electrons. The van der Waals surface area contributed by atoms with Crippen LogP contribution in [-0.2, 0) is 6.18 Å². The lowest BCUT2D eigenvalue weighted by molar-refractivity contribution is -0.140. The van der Waals surface area contributed by atoms with Gasteiger partial charge in [-0.05, 0) is 22.6 Å². The first-order valence-electron chi connectivity index (χ1n) is 3.54. The number of alkyl halides is 5. The van der Waals surface area contributed by atoms with Crippen molar-refractivity contribution in [3.05, 3.63) is 21.0 Å². The molecule has 8 heteroatoms. The van der Waals surface area contributed by atoms with E-state index in [-0.39, 0.29) is 3.57 Å². The molecule has 15 heavy (non-hydrogen) atoms. The molecule has 0 aliphatic rings. The van der Waals surface area contributed by atoms with E-state index in [1.807, 2.05) is 0 Å². The lowest BCUT2D eigenvalue weighted by Crippen LogP contribution is -2.14. The van der Waals surface area contributed by atoms with Crippen molar-refractivity contribution in [2.45, 2.75) is 12.6 Å². The molecule has 1 heterocycles. The first-order valence-corrected chi connectivity index (χ1v) is 4.62. The second-order valence-electron chi connectivity index (χ2n) is 2.58. The fraction of sp³-hybridized carbons (Fsp3) is 0.286. The van der Waals surface area contributed by atoms with Crippen LogP contribution in [-0.4, -0.2) is 4.98 Å². The van der Waals surface area contributed by atoms with Crippen molar-refractivity contribution in [2.75, 3.05) is 5.73 Å². The predicted octanol–water partition coefficient (Wildman–Crippen LogP) is 3.22. The first kappa shape index (κ1) is 12.4. The molecule has 0 atom stereocenters. The average molecular weight is 338 g/mol. The van der Waals surface area contributed by atoms with E-state index in [2.05, 4.69) is 4.98 Å². The minimum Gasteiger partial charge on any atom is -0.397 e. The number of nitrogens with two attached hydrogens (primary N) is 1. The van der Waals surface area contributed by atoms with Gasteiger partial charge in [0.2, 0.25) is 0 Å². The van der Waals surface area contributed by atoms with Gasteiger partial charge in [0, 0.05) is 9.77 Å². The molecule has 0 aliphatic heterocycles. The molecule has 0 saturated heterocycles. The van der Waals surface area contributed by atoms with Crippen LogP contribution in [0.15, 0.2) is 6.20 Å². The second-order valence-corrected chi connectivity index (χ2v) is 3.74. The zero-order valence-electron chi connectivity index (χ0n) is 6.95. The van der Waals surface area contributed by atoms with Gasteiger partial charge in [-0.2, -0.15) is 13.2 Å². The number of anilines is 1. The molecule has 0 spiro atoms. The number of hydrogen-bond donors (Lipinski definition) is 1. The number of pyridine rings is 1. The SMILES string of the molecule is Nc1c(C(F)(F)F)ncc(I)c1C(F)F. The normalized spacial score (nSPS) is 12.2. The molecule has 0 aromatic carbocycles. The standard InChI is InChI=1S/C7H4F5IN2/c8-6(9)3-2(13)1-15-5(4(3)14)7(10,11)12/h1,6H,14H2. The Morgan fingerprint density at radius 3 is 2.27 bits per heavy atom. The Morgan fingerprint density at radius 2 is 1.87 bits per heavy atom. The second kappa shape index (κ2) is 4.06. The molecule has 0 fully saturated rings. The maximum absolute atomic E-state index is 12.4. The molecule has 84 valence electrons. The zero-order valence-corrected chi connectivity index (χ0v) is 9.10. The number of halogens is 6. The summed E-state index contributed by atoms with van der Waals surface area (Å²) in [5.74, 6) is 0. The van der Waals surface area contributed by atoms with Crippen molar-refractivity contribution in [3.63, 3.8) is 0 Å². The van der Waals surface area contributed by atoms with Crippen LogP contribution < -0.4 is 5.73 Å². The van der Waals surface area contributed by atoms with Crippen LogP contribution in [0.3, 0.4) is 0 Å². The van der Waals surface area contributed by atoms with Crippen LogP contribution in [0, 0.1) is 3.57 Å². The highest BCUT2D eigenvalue weighted by Crippen LogP contribution is 2.38. The van der Waals surface area contributed by atoms with E-state index >= 15 is 0 Å². The van der Waals surface area contributed by atoms with E-state index in [1.54, 1.807) is 0 Å². The highest BCUT2D eigenvalue weighted by atomic mass is 127. The first-order chi connectivity index (χ1) is 6.75. The highest BCUT2D eigenvalue weighted by Gasteiger charge is 2.37. The number of hydrogen-bond acceptors (Lipinski definition) is 2. The van der Waals surface area contributed by atoms with Gasteiger partial charge in [0.15, 0.2) is 5.69 Å². The van der Waals surface area contributed by atoms with Crippen LogP contribution in [0.5, 0.6) is 0 Å². The van der Waals surface area contributed by atoms with E-state index in [0.717, 1.165) is 6.20 Å². The summed E-state index contributed by atoms with van der Waals surface area (Å²) in [4.78, 5) is 3.00. The summed E-state index contributed by atoms with van der Waals surface area (Å²) in [6.45, 7) is 0. The molecule has 0 amide bonds. The van der Waals surface area contributed by atoms with Crippen molar-refractivity contribution in [3.8, 4) is 0 Å². The fourth-order valence-electron chi connectivity index (χ4n) is 0.964. The Hall–Kier alpha value is -0.670. The molecule has 1 aromatic heterocycles. The molecular formula is C7H4F5IN2. The van der Waals surface area contributed by atoms with Gasteiger partial charge in [-0.25, -0.2) is 13.8 Å². The Bertz CT molecular complexity index is 376. The van der Waals surface area contributed by atoms with E-state index in [1.165, 1.54) is 22.6 Å². The molecule has 0 bridgehead atoms. The summed E-state index contributed by atoms with van der Waals surface area (Å²) in [5.41, 5.74) is 1.70. The molecule has 1 rings (SSSR count). The lowest BCUT2D eigenvalue weighted by Gasteiger charge is -2.13. The topological polar surface area (TPSA) is 38.9 Å².